The number of halogens is 1. The number of nitrogens with two attached hydrogens (primary N) is 1. The first-order valence-electron chi connectivity index (χ1n) is 6.33. The largest absolute Gasteiger partial charge is 0.323 e. The van der Waals surface area contributed by atoms with Crippen LogP contribution < -0.4 is 11.3 Å². The molecule has 0 fully saturated rings. The molecule has 0 aliphatic rings. The van der Waals surface area contributed by atoms with E-state index in [1.165, 1.54) is 0 Å². The van der Waals surface area contributed by atoms with Crippen molar-refractivity contribution in [3.05, 3.63) is 58.6 Å². The molecule has 0 saturated carbocycles. The molecule has 3 N–H and O–H groups in total. The average molecular weight is 328 g/mol. The fraction of sp³-hybridized carbons (Fsp3) is 0.0625. The number of fused-ring (bicyclic) bond motifs is 1. The summed E-state index contributed by atoms with van der Waals surface area (Å²) in [5.74, 6) is 5.72. The van der Waals surface area contributed by atoms with Crippen LogP contribution in [0.4, 0.5) is 5.69 Å². The van der Waals surface area contributed by atoms with Gasteiger partial charge in [0, 0.05) is 21.0 Å². The van der Waals surface area contributed by atoms with Crippen molar-refractivity contribution < 1.29 is 0 Å². The van der Waals surface area contributed by atoms with E-state index in [0.717, 1.165) is 37.9 Å². The molecular weight excluding hydrogens is 314 g/mol. The number of hydrogen-bond donors (Lipinski definition) is 2. The number of rotatable bonds is 2. The Morgan fingerprint density at radius 1 is 1.05 bits per heavy atom. The highest BCUT2D eigenvalue weighted by atomic mass is 79.9. The third-order valence-corrected chi connectivity index (χ3v) is 4.04. The van der Waals surface area contributed by atoms with Gasteiger partial charge in [-0.25, -0.2) is 4.98 Å². The van der Waals surface area contributed by atoms with Gasteiger partial charge in [0.25, 0.3) is 0 Å². The van der Waals surface area contributed by atoms with E-state index in [1.54, 1.807) is 0 Å². The predicted molar refractivity (Wildman–Crippen MR) is 87.4 cm³/mol. The van der Waals surface area contributed by atoms with Crippen LogP contribution >= 0.6 is 15.9 Å². The molecule has 0 saturated heterocycles. The number of pyridine rings is 1. The number of benzene rings is 2. The molecule has 0 amide bonds. The maximum atomic E-state index is 5.72. The first kappa shape index (κ1) is 13.1. The number of nitrogens with one attached hydrogen (secondary N) is 1. The van der Waals surface area contributed by atoms with Gasteiger partial charge < -0.3 is 5.43 Å². The molecule has 4 heteroatoms. The first-order chi connectivity index (χ1) is 9.72. The summed E-state index contributed by atoms with van der Waals surface area (Å²) < 4.78 is 0.962. The van der Waals surface area contributed by atoms with Crippen molar-refractivity contribution in [1.82, 2.24) is 4.98 Å². The SMILES string of the molecule is Cc1c(-c2ccccc2)nc2c(Br)cccc2c1NN. The second kappa shape index (κ2) is 5.23. The van der Waals surface area contributed by atoms with Crippen LogP contribution in [0.2, 0.25) is 0 Å². The smallest absolute Gasteiger partial charge is 0.0872 e. The van der Waals surface area contributed by atoms with Crippen LogP contribution in [0.3, 0.4) is 0 Å². The first-order valence-corrected chi connectivity index (χ1v) is 7.12. The molecule has 0 spiro atoms. The number of aromatic nitrogens is 1. The van der Waals surface area contributed by atoms with Gasteiger partial charge in [0.1, 0.15) is 0 Å². The standard InChI is InChI=1S/C16H14BrN3/c1-10-14(11-6-3-2-4-7-11)19-16-12(15(10)20-18)8-5-9-13(16)17/h2-9H,18H2,1H3,(H,19,20). The monoisotopic (exact) mass is 327 g/mol. The van der Waals surface area contributed by atoms with Crippen molar-refractivity contribution in [3.63, 3.8) is 0 Å². The van der Waals surface area contributed by atoms with Crippen LogP contribution in [0, 0.1) is 6.92 Å². The normalized spacial score (nSPS) is 10.8. The summed E-state index contributed by atoms with van der Waals surface area (Å²) in [6.07, 6.45) is 0. The Hall–Kier alpha value is -1.91. The van der Waals surface area contributed by atoms with Crippen molar-refractivity contribution in [2.24, 2.45) is 5.84 Å². The van der Waals surface area contributed by atoms with Gasteiger partial charge in [-0.3, -0.25) is 5.84 Å². The van der Waals surface area contributed by atoms with Crippen LogP contribution in [0.5, 0.6) is 0 Å². The molecule has 0 aliphatic carbocycles. The minimum atomic E-state index is 0.907. The Bertz CT molecular complexity index is 770. The molecule has 0 aliphatic heterocycles. The topological polar surface area (TPSA) is 50.9 Å². The van der Waals surface area contributed by atoms with E-state index in [1.807, 2.05) is 43.3 Å². The Balaban J connectivity index is 2.40. The summed E-state index contributed by atoms with van der Waals surface area (Å²) in [6, 6.07) is 16.1. The molecule has 20 heavy (non-hydrogen) atoms. The summed E-state index contributed by atoms with van der Waals surface area (Å²) in [4.78, 5) is 4.81. The molecule has 3 rings (SSSR count). The van der Waals surface area contributed by atoms with Crippen LogP contribution in [0.25, 0.3) is 22.2 Å². The molecule has 3 aromatic rings. The van der Waals surface area contributed by atoms with E-state index in [-0.39, 0.29) is 0 Å². The number of nitrogen functional groups attached to an aromatic ring is 1. The zero-order chi connectivity index (χ0) is 14.1. The van der Waals surface area contributed by atoms with Crippen molar-refractivity contribution in [3.8, 4) is 11.3 Å². The summed E-state index contributed by atoms with van der Waals surface area (Å²) in [6.45, 7) is 2.03. The zero-order valence-electron chi connectivity index (χ0n) is 11.0. The number of hydrogen-bond acceptors (Lipinski definition) is 3. The molecule has 0 unspecified atom stereocenters. The Labute approximate surface area is 125 Å². The fourth-order valence-electron chi connectivity index (χ4n) is 2.41. The van der Waals surface area contributed by atoms with Crippen LogP contribution in [0.1, 0.15) is 5.56 Å². The van der Waals surface area contributed by atoms with Crippen LogP contribution in [-0.4, -0.2) is 4.98 Å². The summed E-state index contributed by atoms with van der Waals surface area (Å²) in [7, 11) is 0. The lowest BCUT2D eigenvalue weighted by Crippen LogP contribution is -2.10. The Morgan fingerprint density at radius 2 is 1.80 bits per heavy atom. The summed E-state index contributed by atoms with van der Waals surface area (Å²) in [5.41, 5.74) is 7.71. The minimum absolute atomic E-state index is 0.907. The number of hydrazine groups is 1. The van der Waals surface area contributed by atoms with E-state index in [9.17, 15) is 0 Å². The molecule has 3 nitrogen and oxygen atoms in total. The van der Waals surface area contributed by atoms with Gasteiger partial charge in [-0.05, 0) is 28.9 Å². The summed E-state index contributed by atoms with van der Waals surface area (Å²) >= 11 is 3.56. The molecule has 0 radical (unpaired) electrons. The molecular formula is C16H14BrN3. The van der Waals surface area contributed by atoms with Crippen molar-refractivity contribution >= 4 is 32.5 Å². The number of anilines is 1. The van der Waals surface area contributed by atoms with Crippen LogP contribution in [0.15, 0.2) is 53.0 Å². The highest BCUT2D eigenvalue weighted by Crippen LogP contribution is 2.35. The fourth-order valence-corrected chi connectivity index (χ4v) is 2.86. The Morgan fingerprint density at radius 3 is 2.50 bits per heavy atom. The van der Waals surface area contributed by atoms with Gasteiger partial charge >= 0.3 is 0 Å². The van der Waals surface area contributed by atoms with Crippen molar-refractivity contribution in [2.75, 3.05) is 5.43 Å². The third kappa shape index (κ3) is 2.07. The number of nitrogens with zero attached hydrogens (tertiary/aromatic N) is 1. The predicted octanol–water partition coefficient (Wildman–Crippen LogP) is 4.26. The third-order valence-electron chi connectivity index (χ3n) is 3.40. The van der Waals surface area contributed by atoms with E-state index < -0.39 is 0 Å². The quantitative estimate of drug-likeness (QED) is 0.546. The zero-order valence-corrected chi connectivity index (χ0v) is 12.6. The van der Waals surface area contributed by atoms with E-state index in [4.69, 9.17) is 10.8 Å². The maximum absolute atomic E-state index is 5.72. The average Bonchev–Trinajstić information content (AvgIpc) is 2.48. The van der Waals surface area contributed by atoms with Crippen molar-refractivity contribution in [1.29, 1.82) is 0 Å². The van der Waals surface area contributed by atoms with Gasteiger partial charge in [-0.15, -0.1) is 0 Å². The number of para-hydroxylation sites is 1. The van der Waals surface area contributed by atoms with Gasteiger partial charge in [0.2, 0.25) is 0 Å². The Kier molecular flexibility index (Phi) is 3.42. The molecule has 100 valence electrons. The molecule has 1 aromatic heterocycles. The van der Waals surface area contributed by atoms with Gasteiger partial charge in [0.05, 0.1) is 16.9 Å². The highest BCUT2D eigenvalue weighted by molar-refractivity contribution is 9.10. The van der Waals surface area contributed by atoms with E-state index in [0.29, 0.717) is 0 Å². The molecule has 2 aromatic carbocycles. The van der Waals surface area contributed by atoms with E-state index in [2.05, 4.69) is 33.5 Å². The minimum Gasteiger partial charge on any atom is -0.323 e. The van der Waals surface area contributed by atoms with Crippen LogP contribution in [-0.2, 0) is 0 Å². The second-order valence-corrected chi connectivity index (χ2v) is 5.46. The molecule has 1 heterocycles. The maximum Gasteiger partial charge on any atom is 0.0872 e. The van der Waals surface area contributed by atoms with Crippen molar-refractivity contribution in [2.45, 2.75) is 6.92 Å². The highest BCUT2D eigenvalue weighted by Gasteiger charge is 2.13. The molecule has 0 bridgehead atoms. The lowest BCUT2D eigenvalue weighted by atomic mass is 10.0. The van der Waals surface area contributed by atoms with Gasteiger partial charge in [-0.2, -0.15) is 0 Å². The molecule has 0 atom stereocenters. The van der Waals surface area contributed by atoms with Gasteiger partial charge in [0.15, 0.2) is 0 Å². The lowest BCUT2D eigenvalue weighted by molar-refractivity contribution is 1.27. The second-order valence-electron chi connectivity index (χ2n) is 4.61. The van der Waals surface area contributed by atoms with Gasteiger partial charge in [-0.1, -0.05) is 42.5 Å². The van der Waals surface area contributed by atoms with E-state index >= 15 is 0 Å². The lowest BCUT2D eigenvalue weighted by Gasteiger charge is -2.14. The summed E-state index contributed by atoms with van der Waals surface area (Å²) in [5, 5.41) is 1.01.